The number of nitrogens with two attached hydrogens (primary N) is 1. The third kappa shape index (κ3) is 2.38. The molecule has 0 aliphatic carbocycles. The fourth-order valence-corrected chi connectivity index (χ4v) is 3.94. The van der Waals surface area contributed by atoms with Crippen molar-refractivity contribution < 1.29 is 0 Å². The second-order valence-corrected chi connectivity index (χ2v) is 6.55. The quantitative estimate of drug-likeness (QED) is 0.793. The summed E-state index contributed by atoms with van der Waals surface area (Å²) in [4.78, 5) is 5.19. The minimum absolute atomic E-state index is 0.274. The van der Waals surface area contributed by atoms with Crippen molar-refractivity contribution in [2.24, 2.45) is 11.7 Å². The largest absolute Gasteiger partial charge is 0.329 e. The van der Waals surface area contributed by atoms with E-state index in [1.165, 1.54) is 32.4 Å². The minimum Gasteiger partial charge on any atom is -0.329 e. The van der Waals surface area contributed by atoms with Crippen LogP contribution >= 0.6 is 0 Å². The van der Waals surface area contributed by atoms with Gasteiger partial charge in [-0.05, 0) is 52.6 Å². The Morgan fingerprint density at radius 1 is 1.24 bits per heavy atom. The first kappa shape index (κ1) is 13.3. The molecule has 3 nitrogen and oxygen atoms in total. The summed E-state index contributed by atoms with van der Waals surface area (Å²) in [6, 6.07) is 1.37. The van der Waals surface area contributed by atoms with Gasteiger partial charge in [0.1, 0.15) is 0 Å². The lowest BCUT2D eigenvalue weighted by Crippen LogP contribution is -2.61. The van der Waals surface area contributed by atoms with E-state index in [0.717, 1.165) is 12.5 Å². The van der Waals surface area contributed by atoms with Gasteiger partial charge >= 0.3 is 0 Å². The summed E-state index contributed by atoms with van der Waals surface area (Å²) in [5, 5.41) is 0. The Bertz CT molecular complexity index is 268. The standard InChI is InChI=1S/C14H29N3/c1-11-7-12(2)17(9-11)14(10-15)5-6-16(4)13(3)8-14/h11-13H,5-10,15H2,1-4H3. The Balaban J connectivity index is 2.14. The summed E-state index contributed by atoms with van der Waals surface area (Å²) in [5.74, 6) is 0.836. The Hall–Kier alpha value is -0.120. The van der Waals surface area contributed by atoms with E-state index in [1.807, 2.05) is 0 Å². The van der Waals surface area contributed by atoms with Crippen molar-refractivity contribution >= 4 is 0 Å². The Kier molecular flexibility index (Phi) is 3.81. The monoisotopic (exact) mass is 239 g/mol. The molecule has 2 N–H and O–H groups in total. The highest BCUT2D eigenvalue weighted by atomic mass is 15.3. The molecule has 0 spiro atoms. The van der Waals surface area contributed by atoms with Crippen LogP contribution in [-0.4, -0.2) is 54.1 Å². The molecule has 0 bridgehead atoms. The predicted octanol–water partition coefficient (Wildman–Crippen LogP) is 1.53. The van der Waals surface area contributed by atoms with Gasteiger partial charge in [0.2, 0.25) is 0 Å². The Morgan fingerprint density at radius 3 is 2.41 bits per heavy atom. The summed E-state index contributed by atoms with van der Waals surface area (Å²) in [7, 11) is 2.24. The molecular formula is C14H29N3. The van der Waals surface area contributed by atoms with Gasteiger partial charge in [0, 0.05) is 30.7 Å². The summed E-state index contributed by atoms with van der Waals surface area (Å²) >= 11 is 0. The molecular weight excluding hydrogens is 210 g/mol. The Morgan fingerprint density at radius 2 is 1.94 bits per heavy atom. The minimum atomic E-state index is 0.274. The van der Waals surface area contributed by atoms with E-state index >= 15 is 0 Å². The molecule has 2 fully saturated rings. The average molecular weight is 239 g/mol. The number of rotatable bonds is 2. The molecule has 100 valence electrons. The van der Waals surface area contributed by atoms with Crippen molar-refractivity contribution in [3.63, 3.8) is 0 Å². The van der Waals surface area contributed by atoms with Crippen molar-refractivity contribution in [1.29, 1.82) is 0 Å². The summed E-state index contributed by atoms with van der Waals surface area (Å²) in [6.45, 7) is 10.4. The zero-order valence-electron chi connectivity index (χ0n) is 11.9. The second kappa shape index (κ2) is 4.87. The molecule has 0 aromatic rings. The van der Waals surface area contributed by atoms with E-state index in [2.05, 4.69) is 37.6 Å². The van der Waals surface area contributed by atoms with E-state index < -0.39 is 0 Å². The van der Waals surface area contributed by atoms with E-state index in [-0.39, 0.29) is 5.54 Å². The van der Waals surface area contributed by atoms with Crippen LogP contribution < -0.4 is 5.73 Å². The first-order chi connectivity index (χ1) is 7.98. The van der Waals surface area contributed by atoms with Crippen LogP contribution in [0.15, 0.2) is 0 Å². The highest BCUT2D eigenvalue weighted by molar-refractivity contribution is 5.02. The number of piperidine rings is 1. The molecule has 2 aliphatic rings. The van der Waals surface area contributed by atoms with Crippen LogP contribution in [0.5, 0.6) is 0 Å². The molecule has 2 saturated heterocycles. The van der Waals surface area contributed by atoms with Gasteiger partial charge in [-0.25, -0.2) is 0 Å². The molecule has 0 aromatic carbocycles. The topological polar surface area (TPSA) is 32.5 Å². The van der Waals surface area contributed by atoms with Crippen LogP contribution in [0.25, 0.3) is 0 Å². The highest BCUT2D eigenvalue weighted by Gasteiger charge is 2.45. The molecule has 17 heavy (non-hydrogen) atoms. The Labute approximate surface area is 106 Å². The molecule has 4 unspecified atom stereocenters. The number of likely N-dealkylation sites (tertiary alicyclic amines) is 2. The van der Waals surface area contributed by atoms with Crippen LogP contribution in [0.4, 0.5) is 0 Å². The normalized spacial score (nSPS) is 45.4. The molecule has 0 aromatic heterocycles. The van der Waals surface area contributed by atoms with Crippen molar-refractivity contribution in [3.8, 4) is 0 Å². The zero-order valence-corrected chi connectivity index (χ0v) is 11.9. The molecule has 2 aliphatic heterocycles. The van der Waals surface area contributed by atoms with Crippen LogP contribution in [-0.2, 0) is 0 Å². The van der Waals surface area contributed by atoms with Gasteiger partial charge in [0.25, 0.3) is 0 Å². The van der Waals surface area contributed by atoms with Gasteiger partial charge < -0.3 is 10.6 Å². The van der Waals surface area contributed by atoms with Crippen LogP contribution in [0.2, 0.25) is 0 Å². The average Bonchev–Trinajstić information content (AvgIpc) is 2.63. The fourth-order valence-electron chi connectivity index (χ4n) is 3.94. The number of hydrogen-bond donors (Lipinski definition) is 1. The first-order valence-corrected chi connectivity index (χ1v) is 7.15. The summed E-state index contributed by atoms with van der Waals surface area (Å²) < 4.78 is 0. The smallest absolute Gasteiger partial charge is 0.0361 e. The van der Waals surface area contributed by atoms with Crippen LogP contribution in [0.1, 0.15) is 40.0 Å². The molecule has 4 atom stereocenters. The number of hydrogen-bond acceptors (Lipinski definition) is 3. The van der Waals surface area contributed by atoms with Crippen LogP contribution in [0.3, 0.4) is 0 Å². The maximum absolute atomic E-state index is 6.17. The summed E-state index contributed by atoms with van der Waals surface area (Å²) in [6.07, 6.45) is 3.81. The van der Waals surface area contributed by atoms with Gasteiger partial charge in [-0.2, -0.15) is 0 Å². The van der Waals surface area contributed by atoms with Crippen LogP contribution in [0, 0.1) is 5.92 Å². The molecule has 0 amide bonds. The van der Waals surface area contributed by atoms with Crippen molar-refractivity contribution in [2.75, 3.05) is 26.7 Å². The van der Waals surface area contributed by atoms with Crippen molar-refractivity contribution in [2.45, 2.75) is 57.7 Å². The maximum atomic E-state index is 6.17. The SMILES string of the molecule is CC1CC(C)N(C2(CN)CCN(C)C(C)C2)C1. The summed E-state index contributed by atoms with van der Waals surface area (Å²) in [5.41, 5.74) is 6.45. The van der Waals surface area contributed by atoms with Gasteiger partial charge in [0.15, 0.2) is 0 Å². The first-order valence-electron chi connectivity index (χ1n) is 7.15. The third-order valence-corrected chi connectivity index (χ3v) is 5.13. The van der Waals surface area contributed by atoms with Crippen molar-refractivity contribution in [1.82, 2.24) is 9.80 Å². The van der Waals surface area contributed by atoms with Gasteiger partial charge in [-0.3, -0.25) is 4.90 Å². The lowest BCUT2D eigenvalue weighted by Gasteiger charge is -2.50. The molecule has 3 heteroatoms. The highest BCUT2D eigenvalue weighted by Crippen LogP contribution is 2.37. The third-order valence-electron chi connectivity index (χ3n) is 5.13. The van der Waals surface area contributed by atoms with Gasteiger partial charge in [0.05, 0.1) is 0 Å². The number of nitrogens with zero attached hydrogens (tertiary/aromatic N) is 2. The lowest BCUT2D eigenvalue weighted by atomic mass is 9.81. The zero-order chi connectivity index (χ0) is 12.6. The molecule has 0 radical (unpaired) electrons. The predicted molar refractivity (Wildman–Crippen MR) is 73.1 cm³/mol. The van der Waals surface area contributed by atoms with Gasteiger partial charge in [-0.15, -0.1) is 0 Å². The van der Waals surface area contributed by atoms with Gasteiger partial charge in [-0.1, -0.05) is 6.92 Å². The molecule has 2 rings (SSSR count). The van der Waals surface area contributed by atoms with E-state index in [4.69, 9.17) is 5.73 Å². The van der Waals surface area contributed by atoms with Crippen molar-refractivity contribution in [3.05, 3.63) is 0 Å². The fraction of sp³-hybridized carbons (Fsp3) is 1.00. The molecule has 0 saturated carbocycles. The van der Waals surface area contributed by atoms with E-state index in [0.29, 0.717) is 12.1 Å². The lowest BCUT2D eigenvalue weighted by molar-refractivity contribution is 0.00482. The second-order valence-electron chi connectivity index (χ2n) is 6.55. The van der Waals surface area contributed by atoms with E-state index in [9.17, 15) is 0 Å². The molecule has 2 heterocycles. The van der Waals surface area contributed by atoms with E-state index in [1.54, 1.807) is 0 Å². The maximum Gasteiger partial charge on any atom is 0.0361 e.